The van der Waals surface area contributed by atoms with Crippen LogP contribution in [0.25, 0.3) is 0 Å². The average molecular weight is 244 g/mol. The predicted molar refractivity (Wildman–Crippen MR) is 67.7 cm³/mol. The summed E-state index contributed by atoms with van der Waals surface area (Å²) in [7, 11) is 0. The van der Waals surface area contributed by atoms with Crippen LogP contribution in [0.1, 0.15) is 18.2 Å². The van der Waals surface area contributed by atoms with Gasteiger partial charge in [-0.1, -0.05) is 12.1 Å². The maximum absolute atomic E-state index is 12.8. The Balaban J connectivity index is 2.23. The van der Waals surface area contributed by atoms with Gasteiger partial charge < -0.3 is 5.32 Å². The first-order chi connectivity index (χ1) is 8.65. The SMILES string of the molecule is CC(=O)Nc1cccnc1Cc1ccc(F)cc1. The molecule has 4 heteroatoms. The monoisotopic (exact) mass is 244 g/mol. The van der Waals surface area contributed by atoms with E-state index >= 15 is 0 Å². The van der Waals surface area contributed by atoms with Gasteiger partial charge in [0.2, 0.25) is 5.91 Å². The molecule has 0 aliphatic heterocycles. The van der Waals surface area contributed by atoms with Crippen LogP contribution in [0.15, 0.2) is 42.6 Å². The fraction of sp³-hybridized carbons (Fsp3) is 0.143. The minimum Gasteiger partial charge on any atom is -0.325 e. The smallest absolute Gasteiger partial charge is 0.221 e. The summed E-state index contributed by atoms with van der Waals surface area (Å²) in [5.74, 6) is -0.398. The lowest BCUT2D eigenvalue weighted by Crippen LogP contribution is -2.09. The summed E-state index contributed by atoms with van der Waals surface area (Å²) in [5, 5.41) is 2.73. The molecule has 0 saturated carbocycles. The Kier molecular flexibility index (Phi) is 3.67. The number of carbonyl (C=O) groups excluding carboxylic acids is 1. The van der Waals surface area contributed by atoms with Gasteiger partial charge in [0, 0.05) is 19.5 Å². The van der Waals surface area contributed by atoms with Gasteiger partial charge in [0.15, 0.2) is 0 Å². The molecule has 1 heterocycles. The van der Waals surface area contributed by atoms with Crippen LogP contribution in [0.4, 0.5) is 10.1 Å². The first-order valence-corrected chi connectivity index (χ1v) is 5.61. The highest BCUT2D eigenvalue weighted by atomic mass is 19.1. The van der Waals surface area contributed by atoms with Crippen molar-refractivity contribution in [2.45, 2.75) is 13.3 Å². The maximum atomic E-state index is 12.8. The van der Waals surface area contributed by atoms with Gasteiger partial charge in [-0.3, -0.25) is 9.78 Å². The molecule has 0 radical (unpaired) electrons. The van der Waals surface area contributed by atoms with E-state index in [1.807, 2.05) is 0 Å². The van der Waals surface area contributed by atoms with Gasteiger partial charge >= 0.3 is 0 Å². The Morgan fingerprint density at radius 1 is 1.28 bits per heavy atom. The van der Waals surface area contributed by atoms with Crippen molar-refractivity contribution in [1.29, 1.82) is 0 Å². The molecule has 1 aromatic heterocycles. The fourth-order valence-electron chi connectivity index (χ4n) is 1.68. The zero-order chi connectivity index (χ0) is 13.0. The number of hydrogen-bond donors (Lipinski definition) is 1. The second-order valence-corrected chi connectivity index (χ2v) is 3.98. The number of aromatic nitrogens is 1. The molecule has 3 nitrogen and oxygen atoms in total. The summed E-state index contributed by atoms with van der Waals surface area (Å²) in [5.41, 5.74) is 2.40. The topological polar surface area (TPSA) is 42.0 Å². The third-order valence-electron chi connectivity index (χ3n) is 2.49. The highest BCUT2D eigenvalue weighted by Gasteiger charge is 2.05. The van der Waals surface area contributed by atoms with Crippen LogP contribution in [-0.2, 0) is 11.2 Å². The molecule has 0 bridgehead atoms. The molecule has 0 spiro atoms. The van der Waals surface area contributed by atoms with Crippen LogP contribution in [0.2, 0.25) is 0 Å². The molecule has 92 valence electrons. The molecule has 1 aromatic carbocycles. The van der Waals surface area contributed by atoms with E-state index in [-0.39, 0.29) is 11.7 Å². The van der Waals surface area contributed by atoms with Crippen LogP contribution < -0.4 is 5.32 Å². The summed E-state index contributed by atoms with van der Waals surface area (Å²) in [4.78, 5) is 15.3. The highest BCUT2D eigenvalue weighted by molar-refractivity contribution is 5.89. The molecule has 1 N–H and O–H groups in total. The van der Waals surface area contributed by atoms with Crippen molar-refractivity contribution >= 4 is 11.6 Å². The number of halogens is 1. The van der Waals surface area contributed by atoms with Gasteiger partial charge in [0.05, 0.1) is 11.4 Å². The molecular weight excluding hydrogens is 231 g/mol. The minimum absolute atomic E-state index is 0.136. The Morgan fingerprint density at radius 2 is 2.00 bits per heavy atom. The molecule has 0 atom stereocenters. The predicted octanol–water partition coefficient (Wildman–Crippen LogP) is 2.77. The number of carbonyl (C=O) groups is 1. The number of hydrogen-bond acceptors (Lipinski definition) is 2. The van der Waals surface area contributed by atoms with E-state index < -0.39 is 0 Å². The van der Waals surface area contributed by atoms with Crippen molar-refractivity contribution in [3.63, 3.8) is 0 Å². The maximum Gasteiger partial charge on any atom is 0.221 e. The van der Waals surface area contributed by atoms with Gasteiger partial charge in [-0.15, -0.1) is 0 Å². The molecule has 0 aliphatic rings. The van der Waals surface area contributed by atoms with Crippen molar-refractivity contribution in [3.05, 3.63) is 59.7 Å². The number of benzene rings is 1. The quantitative estimate of drug-likeness (QED) is 0.902. The Labute approximate surface area is 105 Å². The van der Waals surface area contributed by atoms with E-state index in [1.165, 1.54) is 19.1 Å². The summed E-state index contributed by atoms with van der Waals surface area (Å²) >= 11 is 0. The lowest BCUT2D eigenvalue weighted by Gasteiger charge is -2.08. The van der Waals surface area contributed by atoms with Crippen molar-refractivity contribution < 1.29 is 9.18 Å². The summed E-state index contributed by atoms with van der Waals surface area (Å²) in [6.45, 7) is 1.45. The van der Waals surface area contributed by atoms with Gasteiger partial charge in [-0.2, -0.15) is 0 Å². The second-order valence-electron chi connectivity index (χ2n) is 3.98. The van der Waals surface area contributed by atoms with Gasteiger partial charge in [-0.25, -0.2) is 4.39 Å². The van der Waals surface area contributed by atoms with Gasteiger partial charge in [-0.05, 0) is 29.8 Å². The zero-order valence-corrected chi connectivity index (χ0v) is 9.98. The number of amides is 1. The van der Waals surface area contributed by atoms with Crippen LogP contribution in [-0.4, -0.2) is 10.9 Å². The second kappa shape index (κ2) is 5.40. The van der Waals surface area contributed by atoms with E-state index in [0.717, 1.165) is 11.3 Å². The number of nitrogens with one attached hydrogen (secondary N) is 1. The average Bonchev–Trinajstić information content (AvgIpc) is 2.34. The van der Waals surface area contributed by atoms with Crippen LogP contribution in [0, 0.1) is 5.82 Å². The highest BCUT2D eigenvalue weighted by Crippen LogP contribution is 2.16. The number of pyridine rings is 1. The normalized spacial score (nSPS) is 10.1. The molecule has 0 saturated heterocycles. The summed E-state index contributed by atoms with van der Waals surface area (Å²) in [6, 6.07) is 9.81. The lowest BCUT2D eigenvalue weighted by atomic mass is 10.1. The molecule has 2 rings (SSSR count). The third-order valence-corrected chi connectivity index (χ3v) is 2.49. The van der Waals surface area contributed by atoms with Crippen molar-refractivity contribution in [1.82, 2.24) is 4.98 Å². The molecule has 0 aliphatic carbocycles. The Morgan fingerprint density at radius 3 is 2.67 bits per heavy atom. The Hall–Kier alpha value is -2.23. The number of rotatable bonds is 3. The number of nitrogens with zero attached hydrogens (tertiary/aromatic N) is 1. The van der Waals surface area contributed by atoms with Crippen LogP contribution >= 0.6 is 0 Å². The summed E-state index contributed by atoms with van der Waals surface area (Å²) < 4.78 is 12.8. The molecule has 18 heavy (non-hydrogen) atoms. The molecule has 0 unspecified atom stereocenters. The summed E-state index contributed by atoms with van der Waals surface area (Å²) in [6.07, 6.45) is 2.22. The van der Waals surface area contributed by atoms with Crippen molar-refractivity contribution in [2.75, 3.05) is 5.32 Å². The standard InChI is InChI=1S/C14H13FN2O/c1-10(18)17-13-3-2-8-16-14(13)9-11-4-6-12(15)7-5-11/h2-8H,9H2,1H3,(H,17,18). The van der Waals surface area contributed by atoms with Crippen molar-refractivity contribution in [3.8, 4) is 0 Å². The molecule has 2 aromatic rings. The van der Waals surface area contributed by atoms with E-state index in [2.05, 4.69) is 10.3 Å². The minimum atomic E-state index is -0.262. The first kappa shape index (κ1) is 12.2. The van der Waals surface area contributed by atoms with E-state index in [4.69, 9.17) is 0 Å². The number of anilines is 1. The fourth-order valence-corrected chi connectivity index (χ4v) is 1.68. The van der Waals surface area contributed by atoms with E-state index in [0.29, 0.717) is 12.1 Å². The zero-order valence-electron chi connectivity index (χ0n) is 9.98. The largest absolute Gasteiger partial charge is 0.325 e. The van der Waals surface area contributed by atoms with Gasteiger partial charge in [0.25, 0.3) is 0 Å². The van der Waals surface area contributed by atoms with E-state index in [9.17, 15) is 9.18 Å². The molecule has 0 fully saturated rings. The molecular formula is C14H13FN2O. The third kappa shape index (κ3) is 3.13. The van der Waals surface area contributed by atoms with Gasteiger partial charge in [0.1, 0.15) is 5.82 Å². The Bertz CT molecular complexity index is 552. The van der Waals surface area contributed by atoms with Crippen LogP contribution in [0.3, 0.4) is 0 Å². The van der Waals surface area contributed by atoms with Crippen molar-refractivity contribution in [2.24, 2.45) is 0 Å². The van der Waals surface area contributed by atoms with Crippen LogP contribution in [0.5, 0.6) is 0 Å². The molecule has 1 amide bonds. The van der Waals surface area contributed by atoms with E-state index in [1.54, 1.807) is 30.5 Å². The lowest BCUT2D eigenvalue weighted by molar-refractivity contribution is -0.114. The first-order valence-electron chi connectivity index (χ1n) is 5.61.